The van der Waals surface area contributed by atoms with Crippen LogP contribution in [0.1, 0.15) is 26.5 Å². The van der Waals surface area contributed by atoms with Gasteiger partial charge < -0.3 is 14.4 Å². The number of pyridine rings is 2. The third-order valence-electron chi connectivity index (χ3n) is 4.84. The fourth-order valence-corrected chi connectivity index (χ4v) is 3.41. The molecule has 0 atom stereocenters. The van der Waals surface area contributed by atoms with Crippen LogP contribution in [-0.4, -0.2) is 9.97 Å². The third-order valence-corrected chi connectivity index (χ3v) is 4.84. The molecule has 0 fully saturated rings. The number of furan rings is 1. The maximum absolute atomic E-state index is 12.4. The number of hydrogen-bond acceptors (Lipinski definition) is 3. The van der Waals surface area contributed by atoms with E-state index in [1.54, 1.807) is 24.5 Å². The van der Waals surface area contributed by atoms with E-state index < -0.39 is 0 Å². The molecule has 0 spiro atoms. The van der Waals surface area contributed by atoms with Crippen molar-refractivity contribution in [3.63, 3.8) is 0 Å². The van der Waals surface area contributed by atoms with E-state index in [0.29, 0.717) is 0 Å². The van der Waals surface area contributed by atoms with Crippen molar-refractivity contribution in [3.8, 4) is 0 Å². The molecule has 3 aromatic heterocycles. The number of nitrogens with one attached hydrogen (secondary N) is 2. The summed E-state index contributed by atoms with van der Waals surface area (Å²) in [7, 11) is 0. The Morgan fingerprint density at radius 2 is 1.45 bits per heavy atom. The van der Waals surface area contributed by atoms with Gasteiger partial charge in [-0.2, -0.15) is 0 Å². The van der Waals surface area contributed by atoms with Crippen molar-refractivity contribution >= 4 is 32.5 Å². The van der Waals surface area contributed by atoms with Gasteiger partial charge in [0.15, 0.2) is 0 Å². The minimum absolute atomic E-state index is 0.0532. The van der Waals surface area contributed by atoms with Crippen LogP contribution in [0.2, 0.25) is 0 Å². The molecule has 3 heterocycles. The predicted octanol–water partition coefficient (Wildman–Crippen LogP) is 5.10. The molecular weight excluding hydrogens is 364 g/mol. The van der Waals surface area contributed by atoms with Crippen molar-refractivity contribution in [2.45, 2.75) is 26.2 Å². The lowest BCUT2D eigenvalue weighted by molar-refractivity contribution is 0.431. The fraction of sp³-hybridized carbons (Fsp3) is 0.167. The first-order valence-electron chi connectivity index (χ1n) is 9.46. The Morgan fingerprint density at radius 3 is 2.07 bits per heavy atom. The standard InChI is InChI=1S/C19H17NO2.C5H5NO/c1-19(2,3)15-10-14-12-8-9-20-18(21)16(12)11-6-4-5-7-13(11)17(14)22-15;7-5-3-1-2-4-6-5/h4-10H,1-3H3,(H,20,21);1-4H,(H,6,7). The number of hydrogen-bond donors (Lipinski definition) is 2. The van der Waals surface area contributed by atoms with Crippen LogP contribution in [0.3, 0.4) is 0 Å². The van der Waals surface area contributed by atoms with Crippen molar-refractivity contribution in [1.29, 1.82) is 0 Å². The molecule has 0 bridgehead atoms. The highest BCUT2D eigenvalue weighted by Gasteiger charge is 2.22. The van der Waals surface area contributed by atoms with E-state index in [9.17, 15) is 9.59 Å². The molecule has 2 N–H and O–H groups in total. The van der Waals surface area contributed by atoms with Crippen LogP contribution < -0.4 is 11.1 Å². The molecule has 0 aliphatic carbocycles. The van der Waals surface area contributed by atoms with Gasteiger partial charge in [-0.05, 0) is 23.6 Å². The lowest BCUT2D eigenvalue weighted by atomic mass is 9.92. The van der Waals surface area contributed by atoms with Crippen LogP contribution in [0.5, 0.6) is 0 Å². The molecule has 5 heteroatoms. The maximum Gasteiger partial charge on any atom is 0.256 e. The third kappa shape index (κ3) is 3.47. The van der Waals surface area contributed by atoms with Gasteiger partial charge in [0.05, 0.1) is 5.39 Å². The van der Waals surface area contributed by atoms with Gasteiger partial charge in [0.1, 0.15) is 11.3 Å². The monoisotopic (exact) mass is 386 g/mol. The molecule has 5 aromatic rings. The number of rotatable bonds is 0. The van der Waals surface area contributed by atoms with Crippen molar-refractivity contribution in [2.24, 2.45) is 0 Å². The molecule has 0 aliphatic heterocycles. The molecule has 5 nitrogen and oxygen atoms in total. The zero-order valence-corrected chi connectivity index (χ0v) is 16.6. The molecule has 0 saturated heterocycles. The minimum atomic E-state index is -0.0757. The van der Waals surface area contributed by atoms with E-state index in [2.05, 4.69) is 36.8 Å². The summed E-state index contributed by atoms with van der Waals surface area (Å²) in [5, 5.41) is 4.59. The van der Waals surface area contributed by atoms with Crippen LogP contribution in [-0.2, 0) is 5.41 Å². The normalized spacial score (nSPS) is 11.6. The van der Waals surface area contributed by atoms with Crippen LogP contribution in [0, 0.1) is 0 Å². The summed E-state index contributed by atoms with van der Waals surface area (Å²) in [5.41, 5.74) is 0.670. The number of H-pyrrole nitrogens is 2. The fourth-order valence-electron chi connectivity index (χ4n) is 3.41. The number of fused-ring (bicyclic) bond motifs is 6. The Bertz CT molecular complexity index is 1410. The molecule has 2 aromatic carbocycles. The van der Waals surface area contributed by atoms with Crippen molar-refractivity contribution in [1.82, 2.24) is 9.97 Å². The zero-order chi connectivity index (χ0) is 20.6. The first-order chi connectivity index (χ1) is 13.9. The highest BCUT2D eigenvalue weighted by molar-refractivity contribution is 6.23. The average Bonchev–Trinajstić information content (AvgIpc) is 3.16. The van der Waals surface area contributed by atoms with E-state index in [1.165, 1.54) is 6.07 Å². The minimum Gasteiger partial charge on any atom is -0.460 e. The molecule has 0 unspecified atom stereocenters. The quantitative estimate of drug-likeness (QED) is 0.363. The number of benzene rings is 2. The molecule has 0 saturated carbocycles. The highest BCUT2D eigenvalue weighted by Crippen LogP contribution is 2.38. The van der Waals surface area contributed by atoms with E-state index in [0.717, 1.165) is 38.3 Å². The molecule has 0 amide bonds. The van der Waals surface area contributed by atoms with Gasteiger partial charge >= 0.3 is 0 Å². The Kier molecular flexibility index (Phi) is 4.59. The first kappa shape index (κ1) is 18.7. The second kappa shape index (κ2) is 7.09. The van der Waals surface area contributed by atoms with Gasteiger partial charge in [0.2, 0.25) is 5.56 Å². The molecule has 0 aliphatic rings. The van der Waals surface area contributed by atoms with Crippen LogP contribution >= 0.6 is 0 Å². The summed E-state index contributed by atoms with van der Waals surface area (Å²) in [6.45, 7) is 6.38. The van der Waals surface area contributed by atoms with Gasteiger partial charge in [-0.15, -0.1) is 0 Å². The Hall–Kier alpha value is -3.60. The molecular formula is C24H22N2O3. The zero-order valence-electron chi connectivity index (χ0n) is 16.6. The van der Waals surface area contributed by atoms with Gasteiger partial charge in [-0.1, -0.05) is 51.1 Å². The summed E-state index contributed by atoms with van der Waals surface area (Å²) in [4.78, 5) is 27.8. The number of aromatic nitrogens is 2. The number of aromatic amines is 2. The largest absolute Gasteiger partial charge is 0.460 e. The van der Waals surface area contributed by atoms with Crippen molar-refractivity contribution in [2.75, 3.05) is 0 Å². The van der Waals surface area contributed by atoms with E-state index in [-0.39, 0.29) is 16.5 Å². The summed E-state index contributed by atoms with van der Waals surface area (Å²) < 4.78 is 6.18. The topological polar surface area (TPSA) is 78.9 Å². The van der Waals surface area contributed by atoms with E-state index >= 15 is 0 Å². The molecule has 146 valence electrons. The molecule has 29 heavy (non-hydrogen) atoms. The Balaban J connectivity index is 0.000000249. The van der Waals surface area contributed by atoms with Crippen LogP contribution in [0.25, 0.3) is 32.5 Å². The second-order valence-electron chi connectivity index (χ2n) is 7.97. The maximum atomic E-state index is 12.4. The van der Waals surface area contributed by atoms with Crippen LogP contribution in [0.15, 0.2) is 81.0 Å². The Morgan fingerprint density at radius 1 is 0.759 bits per heavy atom. The van der Waals surface area contributed by atoms with Gasteiger partial charge in [0, 0.05) is 40.0 Å². The van der Waals surface area contributed by atoms with Crippen molar-refractivity contribution in [3.05, 3.63) is 93.5 Å². The molecule has 0 radical (unpaired) electrons. The summed E-state index contributed by atoms with van der Waals surface area (Å²) in [5.74, 6) is 0.931. The SMILES string of the molecule is CC(C)(C)c1cc2c3cc[nH]c(=O)c3c3ccccc3c2o1.O=c1cccc[nH]1. The van der Waals surface area contributed by atoms with E-state index in [1.807, 2.05) is 30.3 Å². The predicted molar refractivity (Wildman–Crippen MR) is 118 cm³/mol. The van der Waals surface area contributed by atoms with Gasteiger partial charge in [-0.3, -0.25) is 9.59 Å². The van der Waals surface area contributed by atoms with Crippen molar-refractivity contribution < 1.29 is 4.42 Å². The smallest absolute Gasteiger partial charge is 0.256 e. The summed E-state index contributed by atoms with van der Waals surface area (Å²) in [6.07, 6.45) is 3.30. The second-order valence-corrected chi connectivity index (χ2v) is 7.97. The van der Waals surface area contributed by atoms with E-state index in [4.69, 9.17) is 4.42 Å². The van der Waals surface area contributed by atoms with Gasteiger partial charge in [0.25, 0.3) is 5.56 Å². The summed E-state index contributed by atoms with van der Waals surface area (Å²) in [6, 6.07) is 16.9. The highest BCUT2D eigenvalue weighted by atomic mass is 16.3. The lowest BCUT2D eigenvalue weighted by Crippen LogP contribution is -2.08. The average molecular weight is 386 g/mol. The summed E-state index contributed by atoms with van der Waals surface area (Å²) >= 11 is 0. The molecule has 5 rings (SSSR count). The Labute approximate surface area is 167 Å². The van der Waals surface area contributed by atoms with Gasteiger partial charge in [-0.25, -0.2) is 0 Å². The lowest BCUT2D eigenvalue weighted by Gasteiger charge is -2.13. The first-order valence-corrected chi connectivity index (χ1v) is 9.46. The van der Waals surface area contributed by atoms with Crippen LogP contribution in [0.4, 0.5) is 0 Å².